The fourth-order valence-electron chi connectivity index (χ4n) is 12.0. The van der Waals surface area contributed by atoms with E-state index >= 15 is 0 Å². The molecule has 0 bridgehead atoms. The highest BCUT2D eigenvalue weighted by atomic mass is 16.6. The van der Waals surface area contributed by atoms with E-state index in [9.17, 15) is 14.4 Å². The number of ether oxygens (including phenoxy) is 3. The summed E-state index contributed by atoms with van der Waals surface area (Å²) in [5, 5.41) is 0. The van der Waals surface area contributed by atoms with Gasteiger partial charge in [0, 0.05) is 19.3 Å². The zero-order valence-corrected chi connectivity index (χ0v) is 56.8. The molecule has 0 aromatic rings. The molecule has 0 amide bonds. The summed E-state index contributed by atoms with van der Waals surface area (Å²) < 4.78 is 17.0. The van der Waals surface area contributed by atoms with Crippen molar-refractivity contribution in [3.8, 4) is 0 Å². The van der Waals surface area contributed by atoms with E-state index in [4.69, 9.17) is 14.2 Å². The topological polar surface area (TPSA) is 78.9 Å². The van der Waals surface area contributed by atoms with Gasteiger partial charge in [-0.15, -0.1) is 0 Å². The quantitative estimate of drug-likeness (QED) is 0.0261. The van der Waals surface area contributed by atoms with Gasteiger partial charge in [0.25, 0.3) is 0 Å². The van der Waals surface area contributed by atoms with Gasteiger partial charge >= 0.3 is 17.9 Å². The minimum atomic E-state index is -0.764. The predicted molar refractivity (Wildman–Crippen MR) is 363 cm³/mol. The van der Waals surface area contributed by atoms with Crippen LogP contribution in [0.3, 0.4) is 0 Å². The number of hydrogen-bond donors (Lipinski definition) is 0. The van der Waals surface area contributed by atoms with Crippen LogP contribution in [-0.4, -0.2) is 37.2 Å². The summed E-state index contributed by atoms with van der Waals surface area (Å²) in [6, 6.07) is 0. The van der Waals surface area contributed by atoms with Crippen LogP contribution < -0.4 is 0 Å². The largest absolute Gasteiger partial charge is 0.462 e. The second-order valence-corrected chi connectivity index (χ2v) is 26.3. The number of hydrogen-bond acceptors (Lipinski definition) is 6. The molecule has 6 nitrogen and oxygen atoms in total. The number of carbonyl (C=O) groups is 3. The van der Waals surface area contributed by atoms with Gasteiger partial charge in [0.1, 0.15) is 13.2 Å². The Morgan fingerprint density at radius 2 is 0.398 bits per heavy atom. The van der Waals surface area contributed by atoms with Crippen LogP contribution in [0.1, 0.15) is 445 Å². The Hall–Kier alpha value is -1.85. The molecule has 6 heteroatoms. The maximum absolute atomic E-state index is 12.9. The lowest BCUT2D eigenvalue weighted by atomic mass is 10.0. The van der Waals surface area contributed by atoms with Crippen molar-refractivity contribution in [2.75, 3.05) is 13.2 Å². The minimum absolute atomic E-state index is 0.0618. The molecule has 0 rings (SSSR count). The maximum Gasteiger partial charge on any atom is 0.306 e. The Labute approximate surface area is 520 Å². The molecule has 492 valence electrons. The van der Waals surface area contributed by atoms with E-state index in [1.807, 2.05) is 0 Å². The van der Waals surface area contributed by atoms with Crippen molar-refractivity contribution in [1.29, 1.82) is 0 Å². The van der Waals surface area contributed by atoms with Crippen molar-refractivity contribution >= 4 is 17.9 Å². The lowest BCUT2D eigenvalue weighted by Gasteiger charge is -2.18. The molecule has 0 N–H and O–H groups in total. The summed E-state index contributed by atoms with van der Waals surface area (Å²) in [6.07, 6.45) is 88.7. The molecular weight excluding hydrogens is 1020 g/mol. The highest BCUT2D eigenvalue weighted by Crippen LogP contribution is 2.20. The summed E-state index contributed by atoms with van der Waals surface area (Å²) in [5.41, 5.74) is 0. The minimum Gasteiger partial charge on any atom is -0.462 e. The van der Waals surface area contributed by atoms with Crippen LogP contribution in [0.15, 0.2) is 12.2 Å². The van der Waals surface area contributed by atoms with Gasteiger partial charge < -0.3 is 14.2 Å². The van der Waals surface area contributed by atoms with Crippen LogP contribution in [-0.2, 0) is 28.6 Å². The zero-order valence-electron chi connectivity index (χ0n) is 56.8. The molecule has 0 saturated heterocycles. The van der Waals surface area contributed by atoms with Gasteiger partial charge in [0.15, 0.2) is 6.10 Å². The maximum atomic E-state index is 12.9. The Kier molecular flexibility index (Phi) is 71.0. The molecule has 0 fully saturated rings. The highest BCUT2D eigenvalue weighted by Gasteiger charge is 2.20. The molecule has 0 aliphatic rings. The monoisotopic (exact) mass is 1170 g/mol. The Balaban J connectivity index is 3.97. The first-order valence-corrected chi connectivity index (χ1v) is 38.2. The molecule has 0 radical (unpaired) electrons. The van der Waals surface area contributed by atoms with Crippen molar-refractivity contribution in [3.63, 3.8) is 0 Å². The van der Waals surface area contributed by atoms with Gasteiger partial charge in [-0.25, -0.2) is 0 Å². The van der Waals surface area contributed by atoms with Crippen LogP contribution in [0.2, 0.25) is 0 Å². The second-order valence-electron chi connectivity index (χ2n) is 26.3. The van der Waals surface area contributed by atoms with E-state index in [1.54, 1.807) is 0 Å². The van der Waals surface area contributed by atoms with Crippen molar-refractivity contribution in [3.05, 3.63) is 12.2 Å². The number of esters is 3. The fourth-order valence-corrected chi connectivity index (χ4v) is 12.0. The van der Waals surface area contributed by atoms with Crippen molar-refractivity contribution in [1.82, 2.24) is 0 Å². The van der Waals surface area contributed by atoms with Crippen molar-refractivity contribution < 1.29 is 28.6 Å². The summed E-state index contributed by atoms with van der Waals surface area (Å²) in [4.78, 5) is 38.3. The van der Waals surface area contributed by atoms with E-state index in [2.05, 4.69) is 32.9 Å². The Bertz CT molecular complexity index is 1300. The molecule has 1 unspecified atom stereocenters. The number of carbonyl (C=O) groups excluding carboxylic acids is 3. The van der Waals surface area contributed by atoms with Crippen LogP contribution in [0.25, 0.3) is 0 Å². The smallest absolute Gasteiger partial charge is 0.306 e. The molecule has 0 aromatic heterocycles. The number of unbranched alkanes of at least 4 members (excludes halogenated alkanes) is 59. The summed E-state index contributed by atoms with van der Waals surface area (Å²) >= 11 is 0. The molecule has 83 heavy (non-hydrogen) atoms. The SMILES string of the molecule is CCCCCCCCCC/C=C\CCCCCCCCCCCCCCCCCCCCCCCCCC(=O)OCC(COC(=O)CCCCCCCCCCC)OC(=O)CCCCCCCCCCCCCCCCCCCCCCC. The van der Waals surface area contributed by atoms with E-state index in [0.29, 0.717) is 19.3 Å². The van der Waals surface area contributed by atoms with Gasteiger partial charge in [-0.2, -0.15) is 0 Å². The molecule has 0 aliphatic heterocycles. The molecular formula is C77H148O6. The van der Waals surface area contributed by atoms with Crippen LogP contribution >= 0.6 is 0 Å². The molecule has 0 saturated carbocycles. The number of allylic oxidation sites excluding steroid dienone is 2. The van der Waals surface area contributed by atoms with Gasteiger partial charge in [-0.1, -0.05) is 392 Å². The summed E-state index contributed by atoms with van der Waals surface area (Å²) in [5.74, 6) is -0.828. The molecule has 0 aromatic carbocycles. The normalized spacial score (nSPS) is 12.0. The summed E-state index contributed by atoms with van der Waals surface area (Å²) in [7, 11) is 0. The van der Waals surface area contributed by atoms with Gasteiger partial charge in [0.2, 0.25) is 0 Å². The van der Waals surface area contributed by atoms with E-state index in [0.717, 1.165) is 57.8 Å². The van der Waals surface area contributed by atoms with E-state index in [-0.39, 0.29) is 31.1 Å². The van der Waals surface area contributed by atoms with E-state index < -0.39 is 6.10 Å². The molecule has 0 spiro atoms. The van der Waals surface area contributed by atoms with Gasteiger partial charge in [-0.05, 0) is 44.9 Å². The predicted octanol–water partition coefficient (Wildman–Crippen LogP) is 26.3. The molecule has 0 aliphatic carbocycles. The summed E-state index contributed by atoms with van der Waals surface area (Å²) in [6.45, 7) is 6.71. The first kappa shape index (κ1) is 81.2. The highest BCUT2D eigenvalue weighted by molar-refractivity contribution is 5.71. The lowest BCUT2D eigenvalue weighted by molar-refractivity contribution is -0.167. The van der Waals surface area contributed by atoms with Crippen molar-refractivity contribution in [2.45, 2.75) is 451 Å². The van der Waals surface area contributed by atoms with Crippen LogP contribution in [0, 0.1) is 0 Å². The Morgan fingerprint density at radius 1 is 0.229 bits per heavy atom. The third-order valence-electron chi connectivity index (χ3n) is 17.8. The van der Waals surface area contributed by atoms with Gasteiger partial charge in [-0.3, -0.25) is 14.4 Å². The van der Waals surface area contributed by atoms with E-state index in [1.165, 1.54) is 347 Å². The second kappa shape index (κ2) is 72.6. The standard InChI is InChI=1S/C77H148O6/c1-4-7-10-13-16-19-21-23-25-27-29-31-32-33-34-35-36-37-38-39-40-41-42-43-44-46-47-49-51-53-55-58-61-64-67-70-76(79)82-73-74(72-81-75(78)69-66-63-60-57-18-15-12-9-6-3)83-77(80)71-68-65-62-59-56-54-52-50-48-45-30-28-26-24-22-20-17-14-11-8-5-2/h27,29,74H,4-26,28,30-73H2,1-3H3/b29-27-. The fraction of sp³-hybridized carbons (Fsp3) is 0.935. The lowest BCUT2D eigenvalue weighted by Crippen LogP contribution is -2.30. The number of rotatable bonds is 72. The van der Waals surface area contributed by atoms with Crippen LogP contribution in [0.4, 0.5) is 0 Å². The zero-order chi connectivity index (χ0) is 59.9. The molecule has 1 atom stereocenters. The molecule has 0 heterocycles. The third kappa shape index (κ3) is 70.8. The van der Waals surface area contributed by atoms with Crippen molar-refractivity contribution in [2.24, 2.45) is 0 Å². The first-order valence-electron chi connectivity index (χ1n) is 38.2. The Morgan fingerprint density at radius 3 is 0.602 bits per heavy atom. The first-order chi connectivity index (χ1) is 41.0. The van der Waals surface area contributed by atoms with Crippen LogP contribution in [0.5, 0.6) is 0 Å². The van der Waals surface area contributed by atoms with Gasteiger partial charge in [0.05, 0.1) is 0 Å². The average molecular weight is 1170 g/mol. The third-order valence-corrected chi connectivity index (χ3v) is 17.8. The average Bonchev–Trinajstić information content (AvgIpc) is 3.49.